The van der Waals surface area contributed by atoms with E-state index in [4.69, 9.17) is 0 Å². The van der Waals surface area contributed by atoms with Gasteiger partial charge in [-0.25, -0.2) is 0 Å². The van der Waals surface area contributed by atoms with Crippen LogP contribution in [0.4, 0.5) is 0 Å². The fraction of sp³-hybridized carbons (Fsp3) is 0.500. The van der Waals surface area contributed by atoms with Crippen LogP contribution in [-0.4, -0.2) is 16.7 Å². The second-order valence-electron chi connectivity index (χ2n) is 4.42. The van der Waals surface area contributed by atoms with Crippen LogP contribution < -0.4 is 5.32 Å². The summed E-state index contributed by atoms with van der Waals surface area (Å²) in [5.74, 6) is 0.674. The highest BCUT2D eigenvalue weighted by molar-refractivity contribution is 7.11. The average molecular weight is 267 g/mol. The molecule has 92 valence electrons. The minimum atomic E-state index is 0.674. The monoisotopic (exact) mass is 267 g/mol. The van der Waals surface area contributed by atoms with Gasteiger partial charge in [0.05, 0.1) is 0 Å². The molecule has 2 aromatic rings. The summed E-state index contributed by atoms with van der Waals surface area (Å²) in [5, 5.41) is 18.3. The van der Waals surface area contributed by atoms with E-state index in [1.807, 2.05) is 0 Å². The third-order valence-corrected chi connectivity index (χ3v) is 3.93. The molecule has 5 heteroatoms. The van der Waals surface area contributed by atoms with Crippen LogP contribution in [0.5, 0.6) is 0 Å². The van der Waals surface area contributed by atoms with Crippen molar-refractivity contribution in [3.63, 3.8) is 0 Å². The Labute approximate surface area is 110 Å². The molecule has 0 spiro atoms. The van der Waals surface area contributed by atoms with Crippen LogP contribution >= 0.6 is 22.7 Å². The first-order valence-electron chi connectivity index (χ1n) is 5.77. The molecule has 0 bridgehead atoms. The summed E-state index contributed by atoms with van der Waals surface area (Å²) in [4.78, 5) is 0. The topological polar surface area (TPSA) is 37.8 Å². The molecule has 0 radical (unpaired) electrons. The summed E-state index contributed by atoms with van der Waals surface area (Å²) in [5.41, 5.74) is 1.33. The first kappa shape index (κ1) is 12.7. The Hall–Kier alpha value is -0.780. The molecule has 0 atom stereocenters. The van der Waals surface area contributed by atoms with Gasteiger partial charge in [-0.15, -0.1) is 10.2 Å². The minimum Gasteiger partial charge on any atom is -0.310 e. The second kappa shape index (κ2) is 6.23. The molecular weight excluding hydrogens is 250 g/mol. The zero-order valence-corrected chi connectivity index (χ0v) is 11.8. The zero-order valence-electron chi connectivity index (χ0n) is 10.1. The van der Waals surface area contributed by atoms with Gasteiger partial charge in [0.25, 0.3) is 0 Å². The van der Waals surface area contributed by atoms with Crippen LogP contribution in [0.25, 0.3) is 0 Å². The molecule has 17 heavy (non-hydrogen) atoms. The lowest BCUT2D eigenvalue weighted by Crippen LogP contribution is -2.18. The van der Waals surface area contributed by atoms with Crippen LogP contribution in [0.1, 0.15) is 29.4 Å². The normalized spacial score (nSPS) is 11.2. The van der Waals surface area contributed by atoms with Gasteiger partial charge in [-0.2, -0.15) is 11.3 Å². The lowest BCUT2D eigenvalue weighted by atomic mass is 10.2. The number of thiophene rings is 1. The van der Waals surface area contributed by atoms with E-state index >= 15 is 0 Å². The molecular formula is C12H17N3S2. The predicted octanol–water partition coefficient (Wildman–Crippen LogP) is 2.94. The van der Waals surface area contributed by atoms with Crippen molar-refractivity contribution in [1.82, 2.24) is 15.5 Å². The van der Waals surface area contributed by atoms with Gasteiger partial charge in [-0.3, -0.25) is 0 Å². The van der Waals surface area contributed by atoms with Gasteiger partial charge in [-0.05, 0) is 34.9 Å². The highest BCUT2D eigenvalue weighted by atomic mass is 32.1. The molecule has 1 N–H and O–H groups in total. The molecule has 0 unspecified atom stereocenters. The second-order valence-corrected chi connectivity index (χ2v) is 6.35. The summed E-state index contributed by atoms with van der Waals surface area (Å²) in [6.07, 6.45) is 0.908. The predicted molar refractivity (Wildman–Crippen MR) is 73.6 cm³/mol. The fourth-order valence-corrected chi connectivity index (χ4v) is 2.98. The van der Waals surface area contributed by atoms with Crippen molar-refractivity contribution in [3.05, 3.63) is 32.4 Å². The van der Waals surface area contributed by atoms with Gasteiger partial charge in [0, 0.05) is 13.0 Å². The molecule has 0 aliphatic carbocycles. The summed E-state index contributed by atoms with van der Waals surface area (Å²) >= 11 is 3.43. The summed E-state index contributed by atoms with van der Waals surface area (Å²) < 4.78 is 0. The number of aromatic nitrogens is 2. The van der Waals surface area contributed by atoms with Crippen LogP contribution in [-0.2, 0) is 13.0 Å². The Kier molecular flexibility index (Phi) is 4.65. The van der Waals surface area contributed by atoms with Gasteiger partial charge in [0.2, 0.25) is 0 Å². The van der Waals surface area contributed by atoms with Gasteiger partial charge >= 0.3 is 0 Å². The minimum absolute atomic E-state index is 0.674. The first-order valence-corrected chi connectivity index (χ1v) is 7.53. The van der Waals surface area contributed by atoms with E-state index in [-0.39, 0.29) is 0 Å². The Morgan fingerprint density at radius 1 is 1.29 bits per heavy atom. The van der Waals surface area contributed by atoms with Gasteiger partial charge in [0.15, 0.2) is 0 Å². The zero-order chi connectivity index (χ0) is 12.1. The van der Waals surface area contributed by atoms with Crippen molar-refractivity contribution in [2.75, 3.05) is 6.54 Å². The standard InChI is InChI=1S/C12H17N3S2/c1-9(2)6-13-7-12-15-14-11(17-12)5-10-3-4-16-8-10/h3-4,8-9,13H,5-7H2,1-2H3. The SMILES string of the molecule is CC(C)CNCc1nnc(Cc2ccsc2)s1. The van der Waals surface area contributed by atoms with Crippen LogP contribution in [0, 0.1) is 5.92 Å². The maximum absolute atomic E-state index is 4.22. The molecule has 2 rings (SSSR count). The van der Waals surface area contributed by atoms with Crippen LogP contribution in [0.15, 0.2) is 16.8 Å². The van der Waals surface area contributed by atoms with Crippen molar-refractivity contribution < 1.29 is 0 Å². The van der Waals surface area contributed by atoms with E-state index in [0.717, 1.165) is 29.5 Å². The molecule has 0 aliphatic heterocycles. The van der Waals surface area contributed by atoms with Crippen LogP contribution in [0.2, 0.25) is 0 Å². The maximum Gasteiger partial charge on any atom is 0.131 e. The van der Waals surface area contributed by atoms with E-state index in [1.165, 1.54) is 5.56 Å². The van der Waals surface area contributed by atoms with Crippen LogP contribution in [0.3, 0.4) is 0 Å². The molecule has 0 aromatic carbocycles. The third kappa shape index (κ3) is 4.18. The number of nitrogens with zero attached hydrogens (tertiary/aromatic N) is 2. The molecule has 0 fully saturated rings. The van der Waals surface area contributed by atoms with Crippen molar-refractivity contribution in [3.8, 4) is 0 Å². The van der Waals surface area contributed by atoms with Crippen molar-refractivity contribution in [2.24, 2.45) is 5.92 Å². The van der Waals surface area contributed by atoms with Crippen molar-refractivity contribution in [2.45, 2.75) is 26.8 Å². The highest BCUT2D eigenvalue weighted by Crippen LogP contribution is 2.16. The van der Waals surface area contributed by atoms with E-state index in [0.29, 0.717) is 5.92 Å². The van der Waals surface area contributed by atoms with E-state index in [2.05, 4.69) is 46.2 Å². The molecule has 3 nitrogen and oxygen atoms in total. The summed E-state index contributed by atoms with van der Waals surface area (Å²) in [6.45, 7) is 6.27. The average Bonchev–Trinajstić information content (AvgIpc) is 2.90. The van der Waals surface area contributed by atoms with Crippen molar-refractivity contribution in [1.29, 1.82) is 0 Å². The Bertz CT molecular complexity index is 434. The maximum atomic E-state index is 4.22. The largest absolute Gasteiger partial charge is 0.310 e. The number of hydrogen-bond acceptors (Lipinski definition) is 5. The fourth-order valence-electron chi connectivity index (χ4n) is 1.47. The highest BCUT2D eigenvalue weighted by Gasteiger charge is 2.05. The molecule has 2 heterocycles. The molecule has 0 saturated carbocycles. The van der Waals surface area contributed by atoms with Gasteiger partial charge in [0.1, 0.15) is 10.0 Å². The smallest absolute Gasteiger partial charge is 0.131 e. The van der Waals surface area contributed by atoms with Gasteiger partial charge < -0.3 is 5.32 Å². The van der Waals surface area contributed by atoms with Crippen molar-refractivity contribution >= 4 is 22.7 Å². The van der Waals surface area contributed by atoms with E-state index < -0.39 is 0 Å². The quantitative estimate of drug-likeness (QED) is 0.874. The Morgan fingerprint density at radius 2 is 2.12 bits per heavy atom. The molecule has 0 saturated heterocycles. The van der Waals surface area contributed by atoms with E-state index in [1.54, 1.807) is 22.7 Å². The Morgan fingerprint density at radius 3 is 2.82 bits per heavy atom. The Balaban J connectivity index is 1.83. The molecule has 0 amide bonds. The first-order chi connectivity index (χ1) is 8.24. The van der Waals surface area contributed by atoms with E-state index in [9.17, 15) is 0 Å². The summed E-state index contributed by atoms with van der Waals surface area (Å²) in [7, 11) is 0. The number of nitrogens with one attached hydrogen (secondary N) is 1. The number of hydrogen-bond donors (Lipinski definition) is 1. The molecule has 2 aromatic heterocycles. The lowest BCUT2D eigenvalue weighted by molar-refractivity contribution is 0.550. The lowest BCUT2D eigenvalue weighted by Gasteiger charge is -2.03. The molecule has 0 aliphatic rings. The third-order valence-electron chi connectivity index (χ3n) is 2.27. The van der Waals surface area contributed by atoms with Gasteiger partial charge in [-0.1, -0.05) is 25.2 Å². The number of rotatable bonds is 6. The summed E-state index contributed by atoms with van der Waals surface area (Å²) in [6, 6.07) is 2.14.